The topological polar surface area (TPSA) is 139 Å². The molecule has 0 aromatic heterocycles. The highest BCUT2D eigenvalue weighted by atomic mass is 35.5. The van der Waals surface area contributed by atoms with Crippen LogP contribution in [0, 0.1) is 0 Å². The number of hydrogen-bond donors (Lipinski definition) is 3. The molecule has 1 saturated carbocycles. The van der Waals surface area contributed by atoms with Crippen molar-refractivity contribution in [3.8, 4) is 16.9 Å². The number of fused-ring (bicyclic) bond motifs is 1. The molecule has 1 aliphatic carbocycles. The Morgan fingerprint density at radius 1 is 0.873 bits per heavy atom. The predicted molar refractivity (Wildman–Crippen MR) is 190 cm³/mol. The van der Waals surface area contributed by atoms with Crippen molar-refractivity contribution in [2.24, 2.45) is 5.73 Å². The van der Waals surface area contributed by atoms with Gasteiger partial charge in [-0.25, -0.2) is 22.0 Å². The molecular formula is C37H35ClF7N3O6S. The van der Waals surface area contributed by atoms with Crippen LogP contribution in [0.4, 0.5) is 30.7 Å². The van der Waals surface area contributed by atoms with Crippen LogP contribution in [0.5, 0.6) is 5.75 Å². The van der Waals surface area contributed by atoms with E-state index in [9.17, 15) is 35.2 Å². The fraction of sp³-hybridized carbons (Fsp3) is 0.351. The number of hydrogen-bond acceptors (Lipinski definition) is 6. The number of halogens is 8. The summed E-state index contributed by atoms with van der Waals surface area (Å²) in [5.74, 6) is -11.3. The van der Waals surface area contributed by atoms with Crippen LogP contribution in [0.15, 0.2) is 89.8 Å². The molecule has 0 unspecified atom stereocenters. The van der Waals surface area contributed by atoms with Gasteiger partial charge in [0.25, 0.3) is 11.8 Å². The molecular weight excluding hydrogens is 783 g/mol. The van der Waals surface area contributed by atoms with E-state index in [4.69, 9.17) is 32.0 Å². The molecule has 1 aliphatic heterocycles. The average Bonchev–Trinajstić information content (AvgIpc) is 3.64. The lowest BCUT2D eigenvalue weighted by Gasteiger charge is -2.39. The Bertz CT molecular complexity index is 2110. The van der Waals surface area contributed by atoms with Gasteiger partial charge in [-0.2, -0.15) is 26.7 Å². The van der Waals surface area contributed by atoms with Crippen molar-refractivity contribution >= 4 is 44.3 Å². The molecule has 4 aromatic rings. The first-order chi connectivity index (χ1) is 25.7. The molecule has 2 fully saturated rings. The van der Waals surface area contributed by atoms with E-state index in [0.29, 0.717) is 37.6 Å². The van der Waals surface area contributed by atoms with Crippen molar-refractivity contribution in [1.29, 1.82) is 0 Å². The molecule has 18 heteroatoms. The van der Waals surface area contributed by atoms with Crippen LogP contribution in [0.3, 0.4) is 0 Å². The number of rotatable bonds is 9. The second-order valence-corrected chi connectivity index (χ2v) is 15.3. The van der Waals surface area contributed by atoms with Gasteiger partial charge >= 0.3 is 12.1 Å². The highest BCUT2D eigenvalue weighted by Crippen LogP contribution is 2.37. The number of nitrogens with two attached hydrogens (primary N) is 1. The van der Waals surface area contributed by atoms with Gasteiger partial charge in [0, 0.05) is 17.1 Å². The normalized spacial score (nSPS) is 18.3. The molecule has 0 bridgehead atoms. The molecule has 2 atom stereocenters. The van der Waals surface area contributed by atoms with Crippen LogP contribution in [-0.4, -0.2) is 73.7 Å². The van der Waals surface area contributed by atoms with Gasteiger partial charge in [-0.1, -0.05) is 60.1 Å². The summed E-state index contributed by atoms with van der Waals surface area (Å²) in [5, 5.41) is 8.77. The number of nitrogens with one attached hydrogen (secondary N) is 1. The molecule has 9 nitrogen and oxygen atoms in total. The predicted octanol–water partition coefficient (Wildman–Crippen LogP) is 7.75. The number of sulfonamides is 1. The first-order valence-electron chi connectivity index (χ1n) is 16.9. The van der Waals surface area contributed by atoms with Crippen LogP contribution in [0.1, 0.15) is 37.7 Å². The summed E-state index contributed by atoms with van der Waals surface area (Å²) in [6, 6.07) is 16.5. The minimum Gasteiger partial charge on any atom is -0.490 e. The standard InChI is InChI=1S/C35H34ClF4N3O4S.C2HF3O2/c36-27-13-7-23(8-14-27)22-5-11-26(12-6-22)35(39,40)32(33(44)43-18-17-31(41)34(37,38)21-43)42-48(45,46)30-16-10-24-19-29(15-9-25(24)20-30)47-28-3-1-2-4-28;3-2(4,5)1(6)7/h5-16,19-20,28,31-32,42H,1-4,17-18,21,41H2;(H,6,7)/t31-,32-;/m1./s1. The molecule has 4 aromatic carbocycles. The third-order valence-corrected chi connectivity index (χ3v) is 10.9. The van der Waals surface area contributed by atoms with Crippen molar-refractivity contribution in [3.05, 3.63) is 95.5 Å². The molecule has 0 radical (unpaired) electrons. The van der Waals surface area contributed by atoms with Gasteiger partial charge in [-0.15, -0.1) is 0 Å². The highest BCUT2D eigenvalue weighted by molar-refractivity contribution is 7.89. The van der Waals surface area contributed by atoms with Crippen LogP contribution >= 0.6 is 11.6 Å². The lowest BCUT2D eigenvalue weighted by atomic mass is 9.95. The largest absolute Gasteiger partial charge is 0.490 e. The minimum atomic E-state index is -5.08. The molecule has 1 heterocycles. The number of aliphatic carboxylic acids is 1. The van der Waals surface area contributed by atoms with Crippen molar-refractivity contribution in [3.63, 3.8) is 0 Å². The summed E-state index contributed by atoms with van der Waals surface area (Å²) >= 11 is 5.95. The lowest BCUT2D eigenvalue weighted by molar-refractivity contribution is -0.192. The first kappa shape index (κ1) is 41.7. The van der Waals surface area contributed by atoms with Crippen molar-refractivity contribution in [2.75, 3.05) is 13.1 Å². The molecule has 296 valence electrons. The lowest BCUT2D eigenvalue weighted by Crippen LogP contribution is -2.62. The monoisotopic (exact) mass is 817 g/mol. The summed E-state index contributed by atoms with van der Waals surface area (Å²) in [7, 11) is -4.78. The van der Waals surface area contributed by atoms with E-state index in [1.165, 1.54) is 30.3 Å². The highest BCUT2D eigenvalue weighted by Gasteiger charge is 2.52. The molecule has 2 aliphatic rings. The van der Waals surface area contributed by atoms with Crippen molar-refractivity contribution in [2.45, 2.75) is 73.2 Å². The number of likely N-dealkylation sites (tertiary alicyclic amines) is 1. The van der Waals surface area contributed by atoms with E-state index in [1.54, 1.807) is 42.5 Å². The zero-order valence-electron chi connectivity index (χ0n) is 28.7. The Balaban J connectivity index is 0.000000757. The molecule has 1 saturated heterocycles. The number of nitrogens with zero attached hydrogens (tertiary/aromatic N) is 1. The van der Waals surface area contributed by atoms with Gasteiger partial charge in [-0.05, 0) is 90.4 Å². The maximum atomic E-state index is 16.4. The van der Waals surface area contributed by atoms with Gasteiger partial charge in [0.15, 0.2) is 6.04 Å². The fourth-order valence-electron chi connectivity index (χ4n) is 6.17. The number of benzene rings is 4. The number of alkyl halides is 7. The van der Waals surface area contributed by atoms with E-state index in [2.05, 4.69) is 0 Å². The van der Waals surface area contributed by atoms with Gasteiger partial charge < -0.3 is 20.5 Å². The molecule has 4 N–H and O–H groups in total. The summed E-state index contributed by atoms with van der Waals surface area (Å²) in [4.78, 5) is 22.7. The quantitative estimate of drug-likeness (QED) is 0.147. The summed E-state index contributed by atoms with van der Waals surface area (Å²) < 4.78 is 129. The van der Waals surface area contributed by atoms with Crippen LogP contribution in [-0.2, 0) is 25.5 Å². The summed E-state index contributed by atoms with van der Waals surface area (Å²) in [6.45, 7) is -1.57. The SMILES string of the molecule is N[C@@H]1CCN(C(=O)[C@@H](NS(=O)(=O)c2ccc3cc(OC4CCCC4)ccc3c2)C(F)(F)c2ccc(-c3ccc(Cl)cc3)cc2)CC1(F)F.O=C(O)C(F)(F)F. The zero-order valence-corrected chi connectivity index (χ0v) is 30.3. The number of carbonyl (C=O) groups is 2. The third-order valence-electron chi connectivity index (χ3n) is 9.24. The van der Waals surface area contributed by atoms with Crippen LogP contribution in [0.25, 0.3) is 21.9 Å². The molecule has 1 amide bonds. The Morgan fingerprint density at radius 3 is 1.98 bits per heavy atom. The molecule has 55 heavy (non-hydrogen) atoms. The average molecular weight is 818 g/mol. The number of piperidine rings is 1. The van der Waals surface area contributed by atoms with Crippen LogP contribution < -0.4 is 15.2 Å². The summed E-state index contributed by atoms with van der Waals surface area (Å²) in [6.07, 6.45) is -1.21. The Kier molecular flexibility index (Phi) is 12.4. The second-order valence-electron chi connectivity index (χ2n) is 13.2. The van der Waals surface area contributed by atoms with Crippen molar-refractivity contribution in [1.82, 2.24) is 9.62 Å². The maximum Gasteiger partial charge on any atom is 0.490 e. The van der Waals surface area contributed by atoms with Gasteiger partial charge in [0.2, 0.25) is 15.9 Å². The Labute approximate surface area is 316 Å². The number of carboxylic acid groups (broad SMARTS) is 1. The summed E-state index contributed by atoms with van der Waals surface area (Å²) in [5.41, 5.74) is 6.07. The molecule has 6 rings (SSSR count). The maximum absolute atomic E-state index is 16.4. The third kappa shape index (κ3) is 10.1. The number of carboxylic acids is 1. The van der Waals surface area contributed by atoms with E-state index in [-0.39, 0.29) is 24.0 Å². The van der Waals surface area contributed by atoms with E-state index >= 15 is 8.78 Å². The van der Waals surface area contributed by atoms with Gasteiger partial charge in [-0.3, -0.25) is 4.79 Å². The Hall–Kier alpha value is -4.45. The number of ether oxygens (including phenoxy) is 1. The van der Waals surface area contributed by atoms with E-state index < -0.39 is 64.1 Å². The Morgan fingerprint density at radius 2 is 1.42 bits per heavy atom. The second kappa shape index (κ2) is 16.3. The minimum absolute atomic E-state index is 0.117. The smallest absolute Gasteiger partial charge is 0.490 e. The fourth-order valence-corrected chi connectivity index (χ4v) is 7.52. The number of carbonyl (C=O) groups excluding carboxylic acids is 1. The molecule has 0 spiro atoms. The first-order valence-corrected chi connectivity index (χ1v) is 18.7. The number of amides is 1. The van der Waals surface area contributed by atoms with E-state index in [1.807, 2.05) is 4.72 Å². The zero-order chi connectivity index (χ0) is 40.3. The van der Waals surface area contributed by atoms with Gasteiger partial charge in [0.05, 0.1) is 23.6 Å². The van der Waals surface area contributed by atoms with Crippen molar-refractivity contribution < 1.29 is 58.6 Å². The van der Waals surface area contributed by atoms with Gasteiger partial charge in [0.1, 0.15) is 5.75 Å². The van der Waals surface area contributed by atoms with E-state index in [0.717, 1.165) is 37.8 Å². The van der Waals surface area contributed by atoms with Crippen LogP contribution in [0.2, 0.25) is 5.02 Å².